The molecule has 4 heteroatoms. The predicted octanol–water partition coefficient (Wildman–Crippen LogP) is -1.06. The van der Waals surface area contributed by atoms with Crippen LogP contribution in [-0.4, -0.2) is 55.6 Å². The second-order valence-corrected chi connectivity index (χ2v) is 2.80. The fraction of sp³-hybridized carbons (Fsp3) is 1.00. The average molecular weight is 310 g/mol. The molecule has 3 nitrogen and oxygen atoms in total. The number of hydrogen-bond acceptors (Lipinski definition) is 3. The third-order valence-corrected chi connectivity index (χ3v) is 1.58. The van der Waals surface area contributed by atoms with Crippen LogP contribution in [0.2, 0.25) is 0 Å². The average Bonchev–Trinajstić information content (AvgIpc) is 1.83. The molecule has 0 amide bonds. The van der Waals surface area contributed by atoms with Gasteiger partial charge in [0.1, 0.15) is 0 Å². The molecule has 0 spiro atoms. The SMILES string of the molecule is OCC(CO)C[N]=[Pb]. The van der Waals surface area contributed by atoms with E-state index in [0.717, 1.165) is 25.6 Å². The van der Waals surface area contributed by atoms with Gasteiger partial charge in [-0.2, -0.15) is 0 Å². The van der Waals surface area contributed by atoms with Crippen molar-refractivity contribution in [3.8, 4) is 0 Å². The molecule has 0 aliphatic rings. The van der Waals surface area contributed by atoms with Crippen molar-refractivity contribution in [2.75, 3.05) is 19.8 Å². The summed E-state index contributed by atoms with van der Waals surface area (Å²) in [5.74, 6) is -0.0208. The van der Waals surface area contributed by atoms with Crippen LogP contribution in [0.4, 0.5) is 0 Å². The third-order valence-electron chi connectivity index (χ3n) is 0.866. The number of nitrogens with zero attached hydrogens (tertiary/aromatic N) is 1. The Hall–Kier alpha value is 0.642. The maximum atomic E-state index is 8.45. The van der Waals surface area contributed by atoms with Crippen LogP contribution in [-0.2, 0) is 0 Å². The number of aliphatic hydroxyl groups is 2. The molecule has 0 aliphatic carbocycles. The minimum absolute atomic E-state index is 0.0208. The summed E-state index contributed by atoms with van der Waals surface area (Å²) in [5.41, 5.74) is 0. The minimum atomic E-state index is -0.0208. The summed E-state index contributed by atoms with van der Waals surface area (Å²) in [6.45, 7) is 0.698. The summed E-state index contributed by atoms with van der Waals surface area (Å²) < 4.78 is 3.90. The third kappa shape index (κ3) is 3.62. The molecule has 8 heavy (non-hydrogen) atoms. The topological polar surface area (TPSA) is 52.8 Å². The van der Waals surface area contributed by atoms with Gasteiger partial charge in [-0.25, -0.2) is 0 Å². The molecule has 0 fully saturated rings. The van der Waals surface area contributed by atoms with Gasteiger partial charge in [0.05, 0.1) is 0 Å². The molecule has 0 rings (SSSR count). The molecule has 0 saturated carbocycles. The molecule has 0 saturated heterocycles. The maximum absolute atomic E-state index is 8.45. The molecule has 0 unspecified atom stereocenters. The Morgan fingerprint density at radius 1 is 1.38 bits per heavy atom. The molecular formula is C4H9NO2Pb. The Balaban J connectivity index is 3.20. The molecule has 0 aliphatic heterocycles. The molecular weight excluding hydrogens is 301 g/mol. The van der Waals surface area contributed by atoms with E-state index in [1.54, 1.807) is 0 Å². The summed E-state index contributed by atoms with van der Waals surface area (Å²) in [6.07, 6.45) is 0. The van der Waals surface area contributed by atoms with Gasteiger partial charge in [-0.1, -0.05) is 0 Å². The first-order valence-electron chi connectivity index (χ1n) is 2.40. The first-order valence-corrected chi connectivity index (χ1v) is 4.14. The number of rotatable bonds is 4. The van der Waals surface area contributed by atoms with Crippen LogP contribution in [0.15, 0.2) is 2.74 Å². The molecule has 2 radical (unpaired) electrons. The van der Waals surface area contributed by atoms with Crippen LogP contribution in [0.1, 0.15) is 0 Å². The second kappa shape index (κ2) is 5.77. The number of hydrogen-bond donors (Lipinski definition) is 2. The van der Waals surface area contributed by atoms with E-state index in [1.165, 1.54) is 0 Å². The van der Waals surface area contributed by atoms with Crippen LogP contribution in [0.5, 0.6) is 0 Å². The Morgan fingerprint density at radius 2 is 1.88 bits per heavy atom. The van der Waals surface area contributed by atoms with Crippen molar-refractivity contribution in [3.63, 3.8) is 0 Å². The van der Waals surface area contributed by atoms with Gasteiger partial charge >= 0.3 is 64.2 Å². The molecule has 2 N–H and O–H groups in total. The van der Waals surface area contributed by atoms with Crippen molar-refractivity contribution in [2.45, 2.75) is 0 Å². The Morgan fingerprint density at radius 3 is 2.00 bits per heavy atom. The molecule has 0 aromatic heterocycles. The van der Waals surface area contributed by atoms with E-state index in [2.05, 4.69) is 2.74 Å². The molecule has 0 aromatic carbocycles. The van der Waals surface area contributed by atoms with Crippen molar-refractivity contribution in [2.24, 2.45) is 8.65 Å². The van der Waals surface area contributed by atoms with E-state index in [1.807, 2.05) is 0 Å². The molecule has 0 bridgehead atoms. The second-order valence-electron chi connectivity index (χ2n) is 1.57. The molecule has 0 atom stereocenters. The summed E-state index contributed by atoms with van der Waals surface area (Å²) in [5, 5.41) is 16.9. The fourth-order valence-corrected chi connectivity index (χ4v) is 1.31. The van der Waals surface area contributed by atoms with Crippen LogP contribution in [0.25, 0.3) is 0 Å². The van der Waals surface area contributed by atoms with Crippen molar-refractivity contribution in [1.82, 2.24) is 0 Å². The van der Waals surface area contributed by atoms with Gasteiger partial charge in [-0.3, -0.25) is 0 Å². The van der Waals surface area contributed by atoms with Gasteiger partial charge in [0, 0.05) is 0 Å². The Bertz CT molecular complexity index is 65.1. The first-order chi connectivity index (χ1) is 3.85. The van der Waals surface area contributed by atoms with Gasteiger partial charge in [0.2, 0.25) is 0 Å². The monoisotopic (exact) mass is 311 g/mol. The summed E-state index contributed by atoms with van der Waals surface area (Å²) in [7, 11) is 0. The van der Waals surface area contributed by atoms with Crippen molar-refractivity contribution in [1.29, 1.82) is 0 Å². The standard InChI is InChI=1S/C4H9NO2.Pb/c5-1-4(2-6)3-7;/h4,6-7H,1-3H2;. The van der Waals surface area contributed by atoms with E-state index in [-0.39, 0.29) is 19.1 Å². The Labute approximate surface area is 64.4 Å². The number of aliphatic hydroxyl groups excluding tert-OH is 2. The zero-order chi connectivity index (χ0) is 6.41. The predicted molar refractivity (Wildman–Crippen MR) is 30.7 cm³/mol. The van der Waals surface area contributed by atoms with E-state index >= 15 is 0 Å². The van der Waals surface area contributed by atoms with Crippen LogP contribution in [0, 0.1) is 5.92 Å². The summed E-state index contributed by atoms with van der Waals surface area (Å²) >= 11 is 0.799. The zero-order valence-electron chi connectivity index (χ0n) is 4.54. The fourth-order valence-electron chi connectivity index (χ4n) is 0.302. The van der Waals surface area contributed by atoms with E-state index in [9.17, 15) is 0 Å². The van der Waals surface area contributed by atoms with Crippen LogP contribution < -0.4 is 0 Å². The van der Waals surface area contributed by atoms with E-state index < -0.39 is 0 Å². The zero-order valence-corrected chi connectivity index (χ0v) is 8.43. The van der Waals surface area contributed by atoms with E-state index in [4.69, 9.17) is 10.2 Å². The van der Waals surface area contributed by atoms with Gasteiger partial charge < -0.3 is 0 Å². The normalized spacial score (nSPS) is 9.88. The van der Waals surface area contributed by atoms with Gasteiger partial charge in [-0.05, 0) is 0 Å². The van der Waals surface area contributed by atoms with Crippen LogP contribution in [0.3, 0.4) is 0 Å². The Kier molecular flexibility index (Phi) is 6.24. The van der Waals surface area contributed by atoms with Crippen molar-refractivity contribution in [3.05, 3.63) is 0 Å². The molecule has 0 heterocycles. The quantitative estimate of drug-likeness (QED) is 0.651. The summed E-state index contributed by atoms with van der Waals surface area (Å²) in [6, 6.07) is 0. The van der Waals surface area contributed by atoms with Gasteiger partial charge in [0.15, 0.2) is 0 Å². The van der Waals surface area contributed by atoms with Crippen molar-refractivity contribution < 1.29 is 10.2 Å². The van der Waals surface area contributed by atoms with Gasteiger partial charge in [-0.15, -0.1) is 0 Å². The summed E-state index contributed by atoms with van der Waals surface area (Å²) in [4.78, 5) is 0. The molecule has 0 aromatic rings. The van der Waals surface area contributed by atoms with Crippen molar-refractivity contribution >= 4 is 25.6 Å². The molecule has 46 valence electrons. The van der Waals surface area contributed by atoms with E-state index in [0.29, 0.717) is 6.54 Å². The van der Waals surface area contributed by atoms with Gasteiger partial charge in [0.25, 0.3) is 0 Å². The van der Waals surface area contributed by atoms with Crippen LogP contribution >= 0.6 is 0 Å². The first kappa shape index (κ1) is 8.64.